The van der Waals surface area contributed by atoms with Gasteiger partial charge in [0.25, 0.3) is 0 Å². The summed E-state index contributed by atoms with van der Waals surface area (Å²) in [7, 11) is 0. The molecule has 2 heterocycles. The van der Waals surface area contributed by atoms with Crippen molar-refractivity contribution < 1.29 is 4.42 Å². The zero-order valence-electron chi connectivity index (χ0n) is 26.3. The normalized spacial score (nSPS) is 12.5. The number of hydrogen-bond donors (Lipinski definition) is 0. The van der Waals surface area contributed by atoms with Crippen molar-refractivity contribution in [3.05, 3.63) is 158 Å². The van der Waals surface area contributed by atoms with E-state index in [1.54, 1.807) is 0 Å². The van der Waals surface area contributed by atoms with Crippen molar-refractivity contribution in [2.24, 2.45) is 0 Å². The molecule has 0 unspecified atom stereocenters. The quantitative estimate of drug-likeness (QED) is 0.195. The van der Waals surface area contributed by atoms with Gasteiger partial charge in [-0.3, -0.25) is 0 Å². The Hall–Kier alpha value is -6.58. The molecule has 3 nitrogen and oxygen atoms in total. The van der Waals surface area contributed by atoms with Gasteiger partial charge in [-0.25, -0.2) is 0 Å². The maximum atomic E-state index is 6.74. The van der Waals surface area contributed by atoms with Gasteiger partial charge in [0.15, 0.2) is 0 Å². The summed E-state index contributed by atoms with van der Waals surface area (Å²) < 4.78 is 9.19. The number of hydrogen-bond acceptors (Lipinski definition) is 2. The molecular weight excluding hydrogens is 597 g/mol. The lowest BCUT2D eigenvalue weighted by atomic mass is 9.94. The summed E-state index contributed by atoms with van der Waals surface area (Å²) in [5.41, 5.74) is 11.4. The van der Waals surface area contributed by atoms with Crippen LogP contribution in [0.2, 0.25) is 0 Å². The van der Waals surface area contributed by atoms with Gasteiger partial charge < -0.3 is 13.9 Å². The highest BCUT2D eigenvalue weighted by atomic mass is 16.3. The minimum Gasteiger partial charge on any atom is -0.456 e. The summed E-state index contributed by atoms with van der Waals surface area (Å²) in [5, 5.41) is 12.8. The molecule has 2 aromatic heterocycles. The van der Waals surface area contributed by atoms with E-state index in [0.29, 0.717) is 0 Å². The molecule has 0 bridgehead atoms. The largest absolute Gasteiger partial charge is 0.456 e. The first-order valence-corrected chi connectivity index (χ1v) is 16.9. The summed E-state index contributed by atoms with van der Waals surface area (Å²) in [6.07, 6.45) is 0. The molecule has 0 aliphatic heterocycles. The Morgan fingerprint density at radius 3 is 1.76 bits per heavy atom. The lowest BCUT2D eigenvalue weighted by Crippen LogP contribution is -2.09. The van der Waals surface area contributed by atoms with E-state index in [0.717, 1.165) is 33.9 Å². The van der Waals surface area contributed by atoms with Crippen molar-refractivity contribution >= 4 is 93.1 Å². The molecule has 1 aliphatic rings. The number of rotatable bonds is 4. The lowest BCUT2D eigenvalue weighted by molar-refractivity contribution is 0.670. The fraction of sp³-hybridized carbons (Fsp3) is 0. The molecule has 1 aliphatic carbocycles. The van der Waals surface area contributed by atoms with Gasteiger partial charge in [-0.2, -0.15) is 0 Å². The Kier molecular flexibility index (Phi) is 4.72. The minimum atomic E-state index is 0.939. The Morgan fingerprint density at radius 2 is 1.00 bits per heavy atom. The molecule has 0 N–H and O–H groups in total. The van der Waals surface area contributed by atoms with E-state index in [9.17, 15) is 0 Å². The summed E-state index contributed by atoms with van der Waals surface area (Å²) in [4.78, 5) is 2.31. The maximum Gasteiger partial charge on any atom is 0.136 e. The van der Waals surface area contributed by atoms with Crippen LogP contribution in [0.5, 0.6) is 0 Å². The second kappa shape index (κ2) is 9.06. The van der Waals surface area contributed by atoms with Crippen LogP contribution in [0.1, 0.15) is 0 Å². The Balaban J connectivity index is 1.19. The van der Waals surface area contributed by atoms with Crippen molar-refractivity contribution in [1.82, 2.24) is 4.57 Å². The molecule has 0 saturated heterocycles. The second-order valence-electron chi connectivity index (χ2n) is 13.2. The van der Waals surface area contributed by atoms with E-state index in [-0.39, 0.29) is 0 Å². The molecule has 9 aromatic carbocycles. The number of para-hydroxylation sites is 2. The number of furan rings is 1. The molecule has 0 spiro atoms. The molecule has 0 amide bonds. The van der Waals surface area contributed by atoms with Gasteiger partial charge in [-0.05, 0) is 111 Å². The second-order valence-corrected chi connectivity index (χ2v) is 13.2. The lowest BCUT2D eigenvalue weighted by Gasteiger charge is -2.25. The highest BCUT2D eigenvalue weighted by Crippen LogP contribution is 2.54. The van der Waals surface area contributed by atoms with Gasteiger partial charge in [-0.1, -0.05) is 84.9 Å². The maximum absolute atomic E-state index is 6.74. The molecule has 11 aromatic rings. The highest BCUT2D eigenvalue weighted by Gasteiger charge is 2.28. The van der Waals surface area contributed by atoms with Crippen LogP contribution >= 0.6 is 0 Å². The smallest absolute Gasteiger partial charge is 0.136 e. The van der Waals surface area contributed by atoms with Crippen LogP contribution in [0.4, 0.5) is 17.1 Å². The van der Waals surface area contributed by atoms with Crippen LogP contribution in [0.3, 0.4) is 0 Å². The number of nitrogens with zero attached hydrogens (tertiary/aromatic N) is 2. The molecule has 226 valence electrons. The van der Waals surface area contributed by atoms with Crippen LogP contribution in [0.25, 0.3) is 92.9 Å². The van der Waals surface area contributed by atoms with E-state index in [4.69, 9.17) is 4.42 Å². The molecule has 0 radical (unpaired) electrons. The van der Waals surface area contributed by atoms with Crippen LogP contribution in [0, 0.1) is 0 Å². The fourth-order valence-corrected chi connectivity index (χ4v) is 8.94. The third kappa shape index (κ3) is 3.17. The average molecular weight is 623 g/mol. The van der Waals surface area contributed by atoms with E-state index in [2.05, 4.69) is 167 Å². The number of aromatic nitrogens is 1. The van der Waals surface area contributed by atoms with E-state index in [1.807, 2.05) is 0 Å². The predicted molar refractivity (Wildman–Crippen MR) is 205 cm³/mol. The first-order valence-electron chi connectivity index (χ1n) is 16.9. The SMILES string of the molecule is c1ccc(N(c2ccccc2)c2ccc(-n3c4cccc5c6cccc7c6c6c8c-7cccc8cc7oc8ccc3c(c8c76)c54)cc2)cc1. The third-order valence-electron chi connectivity index (χ3n) is 10.8. The Bertz CT molecular complexity index is 3090. The molecule has 49 heavy (non-hydrogen) atoms. The van der Waals surface area contributed by atoms with Gasteiger partial charge in [0.05, 0.1) is 11.0 Å². The number of fused-ring (bicyclic) bond motifs is 2. The van der Waals surface area contributed by atoms with Crippen LogP contribution < -0.4 is 4.90 Å². The van der Waals surface area contributed by atoms with Gasteiger partial charge in [-0.15, -0.1) is 0 Å². The number of anilines is 3. The first kappa shape index (κ1) is 25.5. The topological polar surface area (TPSA) is 21.3 Å². The zero-order chi connectivity index (χ0) is 31.8. The minimum absolute atomic E-state index is 0.939. The van der Waals surface area contributed by atoms with E-state index >= 15 is 0 Å². The number of benzene rings is 8. The molecule has 0 atom stereocenters. The van der Waals surface area contributed by atoms with Crippen molar-refractivity contribution in [3.8, 4) is 16.8 Å². The fourth-order valence-electron chi connectivity index (χ4n) is 8.94. The summed E-state index contributed by atoms with van der Waals surface area (Å²) in [6.45, 7) is 0. The van der Waals surface area contributed by atoms with Gasteiger partial charge >= 0.3 is 0 Å². The monoisotopic (exact) mass is 622 g/mol. The van der Waals surface area contributed by atoms with Crippen molar-refractivity contribution in [3.63, 3.8) is 0 Å². The Labute approximate surface area is 280 Å². The summed E-state index contributed by atoms with van der Waals surface area (Å²) in [6, 6.07) is 57.2. The van der Waals surface area contributed by atoms with Crippen molar-refractivity contribution in [1.29, 1.82) is 0 Å². The average Bonchev–Trinajstić information content (AvgIpc) is 3.81. The summed E-state index contributed by atoms with van der Waals surface area (Å²) >= 11 is 0. The zero-order valence-corrected chi connectivity index (χ0v) is 26.3. The molecule has 12 rings (SSSR count). The van der Waals surface area contributed by atoms with Crippen molar-refractivity contribution in [2.75, 3.05) is 4.90 Å². The van der Waals surface area contributed by atoms with Crippen molar-refractivity contribution in [2.45, 2.75) is 0 Å². The van der Waals surface area contributed by atoms with Crippen LogP contribution in [0.15, 0.2) is 162 Å². The standard InChI is InChI=1S/C46H26N2O/c1-3-11-28(12-4-1)47(29-13-5-2-6-14-29)30-20-22-31(23-21-30)48-36-19-9-18-35-34-17-8-16-33-32-15-7-10-27-26-39-45(46(40(27)32)41(33)34)44-38(49-39)25-24-37(48)43(44)42(35)36/h1-26H. The molecule has 0 saturated carbocycles. The predicted octanol–water partition coefficient (Wildman–Crippen LogP) is 13.0. The van der Waals surface area contributed by atoms with E-state index in [1.165, 1.54) is 76.0 Å². The molecule has 0 fully saturated rings. The van der Waals surface area contributed by atoms with Gasteiger partial charge in [0, 0.05) is 49.7 Å². The molecule has 3 heteroatoms. The molecular formula is C46H26N2O. The summed E-state index contributed by atoms with van der Waals surface area (Å²) in [5.74, 6) is 0. The van der Waals surface area contributed by atoms with E-state index < -0.39 is 0 Å². The Morgan fingerprint density at radius 1 is 0.388 bits per heavy atom. The van der Waals surface area contributed by atoms with Crippen LogP contribution in [-0.4, -0.2) is 4.57 Å². The first-order chi connectivity index (χ1) is 24.3. The van der Waals surface area contributed by atoms with Gasteiger partial charge in [0.2, 0.25) is 0 Å². The third-order valence-corrected chi connectivity index (χ3v) is 10.8. The van der Waals surface area contributed by atoms with Crippen LogP contribution in [-0.2, 0) is 0 Å². The highest BCUT2D eigenvalue weighted by molar-refractivity contribution is 6.45. The van der Waals surface area contributed by atoms with Gasteiger partial charge in [0.1, 0.15) is 11.2 Å².